The largest absolute Gasteiger partial charge is 0.277 e. The van der Waals surface area contributed by atoms with Crippen LogP contribution in [0.2, 0.25) is 0 Å². The molecular weight excluding hydrogens is 199 g/mol. The van der Waals surface area contributed by atoms with E-state index in [1.54, 1.807) is 0 Å². The molecule has 78 valence electrons. The lowest BCUT2D eigenvalue weighted by Gasteiger charge is -2.02. The Bertz CT molecular complexity index is 625. The van der Waals surface area contributed by atoms with Crippen molar-refractivity contribution < 1.29 is 0 Å². The van der Waals surface area contributed by atoms with Gasteiger partial charge >= 0.3 is 0 Å². The van der Waals surface area contributed by atoms with E-state index in [-0.39, 0.29) is 0 Å². The van der Waals surface area contributed by atoms with Crippen molar-refractivity contribution in [3.63, 3.8) is 0 Å². The van der Waals surface area contributed by atoms with Crippen molar-refractivity contribution in [3.05, 3.63) is 42.4 Å². The van der Waals surface area contributed by atoms with Crippen molar-refractivity contribution in [2.45, 2.75) is 6.54 Å². The van der Waals surface area contributed by atoms with E-state index in [2.05, 4.69) is 27.4 Å². The average molecular weight is 210 g/mol. The zero-order valence-corrected chi connectivity index (χ0v) is 9.01. The molecule has 1 N–H and O–H groups in total. The number of aromatic nitrogens is 4. The molecule has 16 heavy (non-hydrogen) atoms. The Morgan fingerprint density at radius 1 is 1.31 bits per heavy atom. The molecule has 3 rings (SSSR count). The number of rotatable bonds is 2. The predicted molar refractivity (Wildman–Crippen MR) is 65.6 cm³/mol. The number of nitrogens with zero attached hydrogens (tertiary/aromatic N) is 3. The molecule has 3 aromatic rings. The minimum Gasteiger partial charge on any atom is -0.277 e. The van der Waals surface area contributed by atoms with Crippen LogP contribution in [-0.2, 0) is 6.54 Å². The highest BCUT2D eigenvalue weighted by molar-refractivity contribution is 6.31. The van der Waals surface area contributed by atoms with Gasteiger partial charge in [0.2, 0.25) is 0 Å². The van der Waals surface area contributed by atoms with Gasteiger partial charge in [-0.15, -0.1) is 0 Å². The Labute approximate surface area is 93.7 Å². The second-order valence-corrected chi connectivity index (χ2v) is 3.97. The lowest BCUT2D eigenvalue weighted by molar-refractivity contribution is 0.689. The van der Waals surface area contributed by atoms with Gasteiger partial charge < -0.3 is 0 Å². The third-order valence-electron chi connectivity index (χ3n) is 2.66. The van der Waals surface area contributed by atoms with Crippen molar-refractivity contribution in [2.75, 3.05) is 0 Å². The molecule has 0 atom stereocenters. The van der Waals surface area contributed by atoms with Gasteiger partial charge in [-0.05, 0) is 5.56 Å². The Kier molecular flexibility index (Phi) is 2.03. The topological polar surface area (TPSA) is 46.5 Å². The van der Waals surface area contributed by atoms with Gasteiger partial charge in [-0.2, -0.15) is 10.2 Å². The third-order valence-corrected chi connectivity index (χ3v) is 2.66. The van der Waals surface area contributed by atoms with Crippen LogP contribution in [0.4, 0.5) is 0 Å². The van der Waals surface area contributed by atoms with Gasteiger partial charge in [0.1, 0.15) is 7.85 Å². The van der Waals surface area contributed by atoms with E-state index in [0.29, 0.717) is 0 Å². The van der Waals surface area contributed by atoms with Gasteiger partial charge in [-0.3, -0.25) is 9.78 Å². The molecule has 2 heterocycles. The fraction of sp³-hybridized carbons (Fsp3) is 0.0909. The van der Waals surface area contributed by atoms with Crippen molar-refractivity contribution >= 4 is 24.2 Å². The monoisotopic (exact) mass is 210 g/mol. The highest BCUT2D eigenvalue weighted by Crippen LogP contribution is 2.15. The summed E-state index contributed by atoms with van der Waals surface area (Å²) in [5, 5.41) is 12.5. The van der Waals surface area contributed by atoms with E-state index in [1.807, 2.05) is 37.2 Å². The first kappa shape index (κ1) is 9.21. The first-order chi connectivity index (χ1) is 7.83. The Morgan fingerprint density at radius 3 is 3.06 bits per heavy atom. The minimum atomic E-state index is 0.771. The van der Waals surface area contributed by atoms with Gasteiger partial charge in [0.25, 0.3) is 0 Å². The molecule has 4 nitrogen and oxygen atoms in total. The number of hydrogen-bond acceptors (Lipinski definition) is 2. The Balaban J connectivity index is 2.03. The highest BCUT2D eigenvalue weighted by Gasteiger charge is 2.03. The molecule has 0 saturated heterocycles. The van der Waals surface area contributed by atoms with E-state index >= 15 is 0 Å². The van der Waals surface area contributed by atoms with Crippen LogP contribution in [0.25, 0.3) is 10.9 Å². The molecule has 0 amide bonds. The average Bonchev–Trinajstić information content (AvgIpc) is 2.87. The van der Waals surface area contributed by atoms with E-state index < -0.39 is 0 Å². The fourth-order valence-corrected chi connectivity index (χ4v) is 1.89. The molecule has 0 radical (unpaired) electrons. The summed E-state index contributed by atoms with van der Waals surface area (Å²) in [5.41, 5.74) is 3.48. The van der Waals surface area contributed by atoms with Crippen LogP contribution in [0.1, 0.15) is 5.56 Å². The molecular formula is C11H11BN4. The summed E-state index contributed by atoms with van der Waals surface area (Å²) in [5.74, 6) is 0. The molecule has 0 fully saturated rings. The van der Waals surface area contributed by atoms with Crippen LogP contribution in [-0.4, -0.2) is 27.8 Å². The normalized spacial score (nSPS) is 11.0. The maximum atomic E-state index is 4.28. The summed E-state index contributed by atoms with van der Waals surface area (Å²) in [6.45, 7) is 0.771. The minimum absolute atomic E-state index is 0.771. The summed E-state index contributed by atoms with van der Waals surface area (Å²) >= 11 is 0. The lowest BCUT2D eigenvalue weighted by atomic mass is 10.0. The van der Waals surface area contributed by atoms with Crippen molar-refractivity contribution in [3.8, 4) is 0 Å². The second kappa shape index (κ2) is 3.52. The molecule has 2 aromatic heterocycles. The van der Waals surface area contributed by atoms with Crippen LogP contribution < -0.4 is 5.46 Å². The number of benzene rings is 1. The van der Waals surface area contributed by atoms with E-state index in [9.17, 15) is 0 Å². The van der Waals surface area contributed by atoms with Gasteiger partial charge in [0.05, 0.1) is 18.3 Å². The first-order valence-electron chi connectivity index (χ1n) is 5.23. The van der Waals surface area contributed by atoms with Gasteiger partial charge in [0.15, 0.2) is 0 Å². The highest BCUT2D eigenvalue weighted by atomic mass is 15.3. The zero-order chi connectivity index (χ0) is 11.0. The summed E-state index contributed by atoms with van der Waals surface area (Å²) in [7, 11) is 2.04. The first-order valence-corrected chi connectivity index (χ1v) is 5.23. The van der Waals surface area contributed by atoms with Crippen LogP contribution in [0, 0.1) is 0 Å². The molecule has 0 bridgehead atoms. The number of hydrogen-bond donors (Lipinski definition) is 1. The van der Waals surface area contributed by atoms with Gasteiger partial charge in [0, 0.05) is 17.8 Å². The van der Waals surface area contributed by atoms with Crippen LogP contribution >= 0.6 is 0 Å². The molecule has 0 aliphatic heterocycles. The van der Waals surface area contributed by atoms with Crippen molar-refractivity contribution in [2.24, 2.45) is 0 Å². The van der Waals surface area contributed by atoms with E-state index in [1.165, 1.54) is 11.0 Å². The molecule has 0 aliphatic carbocycles. The summed E-state index contributed by atoms with van der Waals surface area (Å²) in [4.78, 5) is 0. The van der Waals surface area contributed by atoms with Crippen LogP contribution in [0.5, 0.6) is 0 Å². The smallest absolute Gasteiger partial charge is 0.143 e. The summed E-state index contributed by atoms with van der Waals surface area (Å²) in [6.07, 6.45) is 5.75. The number of fused-ring (bicyclic) bond motifs is 1. The van der Waals surface area contributed by atoms with Gasteiger partial charge in [-0.1, -0.05) is 23.7 Å². The number of aromatic amines is 1. The maximum absolute atomic E-state index is 4.28. The van der Waals surface area contributed by atoms with Crippen molar-refractivity contribution in [1.82, 2.24) is 20.0 Å². The number of nitrogens with one attached hydrogen (secondary N) is 1. The molecule has 1 aromatic carbocycles. The molecule has 0 unspecified atom stereocenters. The zero-order valence-electron chi connectivity index (χ0n) is 9.01. The Morgan fingerprint density at radius 2 is 2.25 bits per heavy atom. The fourth-order valence-electron chi connectivity index (χ4n) is 1.89. The predicted octanol–water partition coefficient (Wildman–Crippen LogP) is 0.0661. The second-order valence-electron chi connectivity index (χ2n) is 3.97. The summed E-state index contributed by atoms with van der Waals surface area (Å²) in [6, 6.07) is 6.19. The lowest BCUT2D eigenvalue weighted by Crippen LogP contribution is -2.02. The van der Waals surface area contributed by atoms with Crippen molar-refractivity contribution in [1.29, 1.82) is 0 Å². The number of para-hydroxylation sites is 1. The standard InChI is InChI=1S/C11H11BN4/c12-10-5-14-16(7-10)6-9-3-1-2-8-4-13-15-11(8)9/h1-5,7H,6,12H2,(H,13,15). The van der Waals surface area contributed by atoms with E-state index in [0.717, 1.165) is 17.4 Å². The number of H-pyrrole nitrogens is 1. The molecule has 0 saturated carbocycles. The molecule has 0 aliphatic rings. The van der Waals surface area contributed by atoms with Crippen LogP contribution in [0.15, 0.2) is 36.8 Å². The maximum Gasteiger partial charge on any atom is 0.143 e. The summed E-state index contributed by atoms with van der Waals surface area (Å²) < 4.78 is 1.94. The SMILES string of the molecule is Bc1cnn(Cc2cccc3cn[nH]c23)c1. The quantitative estimate of drug-likeness (QED) is 0.608. The van der Waals surface area contributed by atoms with Crippen LogP contribution in [0.3, 0.4) is 0 Å². The van der Waals surface area contributed by atoms with E-state index in [4.69, 9.17) is 0 Å². The Hall–Kier alpha value is -2.04. The van der Waals surface area contributed by atoms with Gasteiger partial charge in [-0.25, -0.2) is 0 Å². The third kappa shape index (κ3) is 1.50. The molecule has 0 spiro atoms. The molecule has 5 heteroatoms.